The number of alkyl carbamates (subject to hydrolysis) is 2. The maximum atomic E-state index is 15.8. The molecule has 18 nitrogen and oxygen atoms in total. The van der Waals surface area contributed by atoms with Gasteiger partial charge >= 0.3 is 12.2 Å². The lowest BCUT2D eigenvalue weighted by Crippen LogP contribution is -2.58. The number of benzene rings is 4. The van der Waals surface area contributed by atoms with Crippen LogP contribution in [0.5, 0.6) is 0 Å². The van der Waals surface area contributed by atoms with Gasteiger partial charge in [0.05, 0.1) is 61.4 Å². The van der Waals surface area contributed by atoms with E-state index in [4.69, 9.17) is 90.7 Å². The van der Waals surface area contributed by atoms with Crippen molar-refractivity contribution in [2.75, 3.05) is 4.90 Å². The van der Waals surface area contributed by atoms with Crippen LogP contribution in [0.25, 0.3) is 21.8 Å². The number of anilines is 1. The first-order chi connectivity index (χ1) is 40.7. The van der Waals surface area contributed by atoms with Gasteiger partial charge in [0.1, 0.15) is 47.3 Å². The van der Waals surface area contributed by atoms with Crippen LogP contribution < -0.4 is 20.9 Å². The lowest BCUT2D eigenvalue weighted by Gasteiger charge is -2.42. The molecule has 8 heterocycles. The predicted molar refractivity (Wildman–Crippen MR) is 322 cm³/mol. The standard InChI is InChI=1S/C29H26Cl3FN6O3.C15H19FN2O2.C14H8Cl4N4O/c1-14-28(36-26(31)24(34-14)25(40)17-9-10-18-21(22(17)30)27(32)38(2)37-18)39-16-8-11-20(39)23(33)19(12-16)35-29(41)42-13-15-6-4-3-5-7-15;16-14-12-7-6-11(17-12)8-13(14)18-15(19)20-9-10-4-2-1-3-5-10;1-5-12(16)20-13(17)10(19-5)11(23)6-3-4-7-8(9(6)15)14(18)22(2)21-7/h3-7,9-10,16,19-20,23H,8,11-13H2,1-2H3,(H,35,41);1-5,11-14,17H,6-9H2,(H,18,19);3-4H,1-2H3/t16-,19-,20+,23-;11-,12+,13-,14+;/m00./s1. The van der Waals surface area contributed by atoms with Crippen LogP contribution in [-0.4, -0.2) is 112 Å². The highest BCUT2D eigenvalue weighted by molar-refractivity contribution is 6.45. The molecule has 0 spiro atoms. The first-order valence-corrected chi connectivity index (χ1v) is 29.5. The van der Waals surface area contributed by atoms with Crippen LogP contribution in [0.4, 0.5) is 24.2 Å². The van der Waals surface area contributed by atoms with Gasteiger partial charge in [0, 0.05) is 43.3 Å². The third-order valence-corrected chi connectivity index (χ3v) is 17.8. The number of hydrogen-bond donors (Lipinski definition) is 3. The Hall–Kier alpha value is -6.49. The monoisotopic (exact) mass is 1300 g/mol. The van der Waals surface area contributed by atoms with E-state index in [0.717, 1.165) is 24.0 Å². The van der Waals surface area contributed by atoms with Crippen LogP contribution in [-0.2, 0) is 36.8 Å². The molecule has 4 aromatic heterocycles. The fourth-order valence-electron chi connectivity index (χ4n) is 11.1. The summed E-state index contributed by atoms with van der Waals surface area (Å²) in [5, 5.41) is 19.0. The molecule has 0 aliphatic carbocycles. The number of aromatic nitrogens is 8. The Balaban J connectivity index is 0.000000157. The Morgan fingerprint density at radius 1 is 0.588 bits per heavy atom. The minimum atomic E-state index is -1.37. The largest absolute Gasteiger partial charge is 0.445 e. The Labute approximate surface area is 521 Å². The summed E-state index contributed by atoms with van der Waals surface area (Å²) in [6.07, 6.45) is 0.519. The minimum Gasteiger partial charge on any atom is -0.445 e. The van der Waals surface area contributed by atoms with Crippen molar-refractivity contribution < 1.29 is 37.4 Å². The van der Waals surface area contributed by atoms with Crippen LogP contribution in [0.2, 0.25) is 35.8 Å². The normalized spacial score (nSPS) is 21.2. The number of aryl methyl sites for hydroxylation is 4. The zero-order valence-electron chi connectivity index (χ0n) is 45.7. The fourth-order valence-corrected chi connectivity index (χ4v) is 12.9. The molecule has 0 saturated carbocycles. The summed E-state index contributed by atoms with van der Waals surface area (Å²) in [6, 6.07) is 23.6. The van der Waals surface area contributed by atoms with E-state index in [-0.39, 0.29) is 73.3 Å². The molecule has 4 aromatic carbocycles. The van der Waals surface area contributed by atoms with Gasteiger partial charge < -0.3 is 30.3 Å². The van der Waals surface area contributed by atoms with Gasteiger partial charge in [0.2, 0.25) is 11.6 Å². The van der Waals surface area contributed by atoms with Crippen molar-refractivity contribution in [3.63, 3.8) is 0 Å². The Kier molecular flexibility index (Phi) is 19.0. The molecule has 8 aromatic rings. The second-order valence-corrected chi connectivity index (χ2v) is 23.4. The van der Waals surface area contributed by atoms with Crippen molar-refractivity contribution in [3.8, 4) is 0 Å². The second kappa shape index (κ2) is 26.2. The summed E-state index contributed by atoms with van der Waals surface area (Å²) in [5.74, 6) is -0.569. The second-order valence-electron chi connectivity index (χ2n) is 20.9. The summed E-state index contributed by atoms with van der Waals surface area (Å²) in [7, 11) is 3.36. The third-order valence-electron chi connectivity index (χ3n) is 15.3. The van der Waals surface area contributed by atoms with E-state index in [1.165, 1.54) is 9.36 Å². The number of ether oxygens (including phenoxy) is 2. The molecule has 4 aliphatic heterocycles. The molecule has 27 heteroatoms. The molecule has 3 N–H and O–H groups in total. The molecule has 4 bridgehead atoms. The summed E-state index contributed by atoms with van der Waals surface area (Å²) < 4.78 is 43.3. The lowest BCUT2D eigenvalue weighted by atomic mass is 9.95. The number of carbonyl (C=O) groups is 4. The van der Waals surface area contributed by atoms with Crippen molar-refractivity contribution in [1.29, 1.82) is 0 Å². The van der Waals surface area contributed by atoms with Gasteiger partial charge in [-0.25, -0.2) is 38.3 Å². The van der Waals surface area contributed by atoms with Crippen molar-refractivity contribution >= 4 is 133 Å². The van der Waals surface area contributed by atoms with Gasteiger partial charge in [-0.15, -0.1) is 0 Å². The number of nitrogens with zero attached hydrogens (tertiary/aromatic N) is 9. The topological polar surface area (TPSA) is 213 Å². The molecule has 4 fully saturated rings. The number of alkyl halides is 2. The quantitative estimate of drug-likeness (QED) is 0.103. The predicted octanol–water partition coefficient (Wildman–Crippen LogP) is 12.9. The third kappa shape index (κ3) is 13.1. The first-order valence-electron chi connectivity index (χ1n) is 26.9. The average molecular weight is 1300 g/mol. The van der Waals surface area contributed by atoms with Crippen LogP contribution in [0, 0.1) is 13.8 Å². The van der Waals surface area contributed by atoms with Gasteiger partial charge in [-0.3, -0.25) is 19.0 Å². The minimum absolute atomic E-state index is 0.0187. The summed E-state index contributed by atoms with van der Waals surface area (Å²) in [4.78, 5) is 69.3. The number of amides is 2. The molecule has 4 saturated heterocycles. The zero-order chi connectivity index (χ0) is 60.5. The molecule has 12 rings (SSSR count). The molecule has 0 unspecified atom stereocenters. The lowest BCUT2D eigenvalue weighted by molar-refractivity contribution is 0.102. The molecule has 444 valence electrons. The van der Waals surface area contributed by atoms with Crippen molar-refractivity contribution in [2.24, 2.45) is 14.1 Å². The van der Waals surface area contributed by atoms with E-state index >= 15 is 4.39 Å². The highest BCUT2D eigenvalue weighted by atomic mass is 35.5. The molecule has 0 radical (unpaired) electrons. The van der Waals surface area contributed by atoms with E-state index in [9.17, 15) is 23.6 Å². The molecular weight excluding hydrogens is 1250 g/mol. The number of piperidine rings is 2. The van der Waals surface area contributed by atoms with Crippen molar-refractivity contribution in [1.82, 2.24) is 55.4 Å². The fraction of sp³-hybridized carbons (Fsp3) is 0.345. The number of hydrogen-bond acceptors (Lipinski definition) is 14. The summed E-state index contributed by atoms with van der Waals surface area (Å²) in [6.45, 7) is 3.64. The number of fused-ring (bicyclic) bond motifs is 6. The van der Waals surface area contributed by atoms with Gasteiger partial charge in [-0.05, 0) is 87.8 Å². The summed E-state index contributed by atoms with van der Waals surface area (Å²) in [5.41, 5.74) is 4.02. The van der Waals surface area contributed by atoms with Gasteiger partial charge in [-0.1, -0.05) is 142 Å². The van der Waals surface area contributed by atoms with E-state index in [1.807, 2.05) is 65.6 Å². The average Bonchev–Trinajstić information content (AvgIpc) is 2.85. The van der Waals surface area contributed by atoms with Crippen molar-refractivity contribution in [2.45, 2.75) is 114 Å². The van der Waals surface area contributed by atoms with E-state index in [0.29, 0.717) is 81.0 Å². The van der Waals surface area contributed by atoms with Gasteiger partial charge in [-0.2, -0.15) is 10.2 Å². The number of halogens is 9. The Bertz CT molecular complexity index is 3870. The molecule has 85 heavy (non-hydrogen) atoms. The number of rotatable bonds is 11. The van der Waals surface area contributed by atoms with Crippen LogP contribution in [0.3, 0.4) is 0 Å². The van der Waals surface area contributed by atoms with Crippen LogP contribution in [0.15, 0.2) is 84.9 Å². The highest BCUT2D eigenvalue weighted by Crippen LogP contribution is 2.43. The number of carbonyl (C=O) groups excluding carboxylic acids is 4. The first kappa shape index (κ1) is 61.6. The van der Waals surface area contributed by atoms with E-state index < -0.39 is 54.2 Å². The van der Waals surface area contributed by atoms with E-state index in [1.54, 1.807) is 52.2 Å². The Morgan fingerprint density at radius 2 is 1.08 bits per heavy atom. The zero-order valence-corrected chi connectivity index (χ0v) is 51.0. The number of ketones is 2. The molecular formula is C58H53Cl7F2N12O6. The van der Waals surface area contributed by atoms with Crippen LogP contribution in [0.1, 0.15) is 93.1 Å². The molecule has 8 atom stereocenters. The smallest absolute Gasteiger partial charge is 0.407 e. The van der Waals surface area contributed by atoms with E-state index in [2.05, 4.69) is 46.1 Å². The SMILES string of the molecule is Cc1nc(C(=O)c2ccc3nn(C)c(Cl)c3c2Cl)c(Cl)nc1Cl.Cc1nc(C(=O)c2ccc3nn(C)c(Cl)c3c2Cl)c(Cl)nc1N1[C@H]2CC[C@@H]1[C@@H](F)[C@@H](NC(=O)OCc1ccccc1)C2.O=C(N[C@H]1C[C@@H]2CC[C@@H](N2)[C@H]1F)OCc1ccccc1. The maximum absolute atomic E-state index is 15.8. The van der Waals surface area contributed by atoms with Crippen molar-refractivity contribution in [3.05, 3.63) is 166 Å². The molecule has 2 amide bonds. The Morgan fingerprint density at radius 3 is 1.61 bits per heavy atom. The summed E-state index contributed by atoms with van der Waals surface area (Å²) >= 11 is 43.8. The van der Waals surface area contributed by atoms with Gasteiger partial charge in [0.25, 0.3) is 0 Å². The maximum Gasteiger partial charge on any atom is 0.407 e. The number of nitrogens with one attached hydrogen (secondary N) is 3. The highest BCUT2D eigenvalue weighted by Gasteiger charge is 2.50. The van der Waals surface area contributed by atoms with Gasteiger partial charge in [0.15, 0.2) is 21.3 Å². The van der Waals surface area contributed by atoms with Crippen LogP contribution >= 0.6 is 81.2 Å². The molecule has 4 aliphatic rings.